The van der Waals surface area contributed by atoms with Crippen molar-refractivity contribution in [2.24, 2.45) is 5.73 Å². The second-order valence-corrected chi connectivity index (χ2v) is 4.03. The largest absolute Gasteiger partial charge is 1.00 e. The number of carbonyl (C=O) groups excluding carboxylic acids is 1. The van der Waals surface area contributed by atoms with E-state index in [1.54, 1.807) is 0 Å². The predicted molar refractivity (Wildman–Crippen MR) is 55.6 cm³/mol. The zero-order valence-corrected chi connectivity index (χ0v) is 10.3. The van der Waals surface area contributed by atoms with Crippen molar-refractivity contribution < 1.29 is 26.8 Å². The fraction of sp³-hybridized carbons (Fsp3) is 0.889. The molecule has 1 amide bonds. The topological polar surface area (TPSA) is 75.4 Å². The van der Waals surface area contributed by atoms with Crippen LogP contribution in [0.1, 0.15) is 6.42 Å². The van der Waals surface area contributed by atoms with Crippen LogP contribution >= 0.6 is 0 Å². The van der Waals surface area contributed by atoms with E-state index in [0.29, 0.717) is 24.1 Å². The van der Waals surface area contributed by atoms with Gasteiger partial charge in [-0.15, -0.1) is 0 Å². The average Bonchev–Trinajstić information content (AvgIpc) is 2.11. The summed E-state index contributed by atoms with van der Waals surface area (Å²) >= 11 is 0. The molecule has 0 bridgehead atoms. The number of halogens is 1. The first-order valence-electron chi connectivity index (χ1n) is 4.91. The molecule has 0 heterocycles. The number of quaternary nitrogens is 1. The van der Waals surface area contributed by atoms with Gasteiger partial charge in [0.15, 0.2) is 6.54 Å². The quantitative estimate of drug-likeness (QED) is 0.392. The number of aliphatic hydroxyl groups excluding tert-OH is 1. The molecule has 0 rings (SSSR count). The van der Waals surface area contributed by atoms with Crippen LogP contribution < -0.4 is 23.5 Å². The number of nitrogens with two attached hydrogens (primary N) is 1. The molecule has 0 unspecified atom stereocenters. The van der Waals surface area contributed by atoms with Crippen molar-refractivity contribution in [2.75, 3.05) is 46.9 Å². The molecule has 0 aromatic rings. The first kappa shape index (κ1) is 17.0. The predicted octanol–water partition coefficient (Wildman–Crippen LogP) is -4.48. The molecule has 5 nitrogen and oxygen atoms in total. The summed E-state index contributed by atoms with van der Waals surface area (Å²) < 4.78 is 0.633. The normalized spacial score (nSPS) is 10.7. The molecular formula is C9H22ClN3O2. The SMILES string of the molecule is C[N+](C)(CCCN)CC(=O)NCCO.[Cl-]. The molecule has 15 heavy (non-hydrogen) atoms. The van der Waals surface area contributed by atoms with E-state index in [4.69, 9.17) is 10.8 Å². The van der Waals surface area contributed by atoms with Crippen LogP contribution in [0.25, 0.3) is 0 Å². The first-order valence-corrected chi connectivity index (χ1v) is 4.91. The van der Waals surface area contributed by atoms with Gasteiger partial charge in [0.2, 0.25) is 0 Å². The van der Waals surface area contributed by atoms with E-state index >= 15 is 0 Å². The Labute approximate surface area is 97.6 Å². The van der Waals surface area contributed by atoms with E-state index in [1.165, 1.54) is 0 Å². The maximum atomic E-state index is 11.3. The molecule has 0 saturated heterocycles. The van der Waals surface area contributed by atoms with Crippen molar-refractivity contribution in [3.05, 3.63) is 0 Å². The average molecular weight is 240 g/mol. The van der Waals surface area contributed by atoms with Gasteiger partial charge in [0, 0.05) is 13.0 Å². The van der Waals surface area contributed by atoms with Gasteiger partial charge in [-0.2, -0.15) is 0 Å². The lowest BCUT2D eigenvalue weighted by Gasteiger charge is -2.28. The van der Waals surface area contributed by atoms with E-state index < -0.39 is 0 Å². The summed E-state index contributed by atoms with van der Waals surface area (Å²) in [5.74, 6) is -0.0268. The van der Waals surface area contributed by atoms with Gasteiger partial charge in [0.1, 0.15) is 0 Å². The third-order valence-electron chi connectivity index (χ3n) is 1.97. The Morgan fingerprint density at radius 1 is 1.47 bits per heavy atom. The standard InChI is InChI=1S/C9H21N3O2.ClH/c1-12(2,6-3-4-10)8-9(14)11-5-7-13;/h13H,3-8,10H2,1-2H3;1H. The minimum absolute atomic E-state index is 0. The molecular weight excluding hydrogens is 218 g/mol. The van der Waals surface area contributed by atoms with E-state index in [-0.39, 0.29) is 24.9 Å². The summed E-state index contributed by atoms with van der Waals surface area (Å²) in [5.41, 5.74) is 5.40. The van der Waals surface area contributed by atoms with Crippen molar-refractivity contribution >= 4 is 5.91 Å². The summed E-state index contributed by atoms with van der Waals surface area (Å²) in [5, 5.41) is 11.1. The summed E-state index contributed by atoms with van der Waals surface area (Å²) in [6, 6.07) is 0. The van der Waals surface area contributed by atoms with E-state index in [9.17, 15) is 4.79 Å². The van der Waals surface area contributed by atoms with Crippen LogP contribution in [-0.2, 0) is 4.79 Å². The number of aliphatic hydroxyl groups is 1. The zero-order valence-electron chi connectivity index (χ0n) is 9.50. The lowest BCUT2D eigenvalue weighted by atomic mass is 10.3. The molecule has 0 aliphatic carbocycles. The highest BCUT2D eigenvalue weighted by Gasteiger charge is 2.18. The van der Waals surface area contributed by atoms with Gasteiger partial charge in [-0.1, -0.05) is 0 Å². The summed E-state index contributed by atoms with van der Waals surface area (Å²) in [7, 11) is 3.99. The molecule has 0 aliphatic heterocycles. The lowest BCUT2D eigenvalue weighted by molar-refractivity contribution is -0.882. The fourth-order valence-electron chi connectivity index (χ4n) is 1.24. The smallest absolute Gasteiger partial charge is 0.275 e. The molecule has 0 radical (unpaired) electrons. The highest BCUT2D eigenvalue weighted by Crippen LogP contribution is 1.97. The zero-order chi connectivity index (χ0) is 11.0. The number of rotatable bonds is 7. The van der Waals surface area contributed by atoms with Crippen LogP contribution in [0.4, 0.5) is 0 Å². The van der Waals surface area contributed by atoms with Crippen LogP contribution in [0.5, 0.6) is 0 Å². The number of amides is 1. The Bertz CT molecular complexity index is 177. The Kier molecular flexibility index (Phi) is 10.1. The summed E-state index contributed by atoms with van der Waals surface area (Å²) in [6.45, 7) is 2.29. The molecule has 0 spiro atoms. The van der Waals surface area contributed by atoms with Crippen LogP contribution in [-0.4, -0.2) is 62.4 Å². The van der Waals surface area contributed by atoms with Gasteiger partial charge >= 0.3 is 0 Å². The van der Waals surface area contributed by atoms with Crippen LogP contribution in [0.15, 0.2) is 0 Å². The van der Waals surface area contributed by atoms with Crippen molar-refractivity contribution in [1.29, 1.82) is 0 Å². The number of nitrogens with zero attached hydrogens (tertiary/aromatic N) is 1. The first-order chi connectivity index (χ1) is 6.52. The molecule has 6 heteroatoms. The van der Waals surface area contributed by atoms with Gasteiger partial charge in [0.25, 0.3) is 5.91 Å². The highest BCUT2D eigenvalue weighted by molar-refractivity contribution is 5.76. The second kappa shape index (κ2) is 8.91. The molecule has 4 N–H and O–H groups in total. The van der Waals surface area contributed by atoms with Gasteiger partial charge in [0.05, 0.1) is 27.2 Å². The van der Waals surface area contributed by atoms with Crippen LogP contribution in [0, 0.1) is 0 Å². The minimum atomic E-state index is -0.0268. The number of carbonyl (C=O) groups is 1. The summed E-state index contributed by atoms with van der Waals surface area (Å²) in [6.07, 6.45) is 0.917. The molecule has 92 valence electrons. The number of hydrogen-bond donors (Lipinski definition) is 3. The van der Waals surface area contributed by atoms with Gasteiger partial charge in [-0.3, -0.25) is 4.79 Å². The molecule has 0 fully saturated rings. The summed E-state index contributed by atoms with van der Waals surface area (Å²) in [4.78, 5) is 11.3. The highest BCUT2D eigenvalue weighted by atomic mass is 35.5. The Morgan fingerprint density at radius 3 is 2.53 bits per heavy atom. The number of likely N-dealkylation sites (N-methyl/N-ethyl adjacent to an activating group) is 1. The number of nitrogens with one attached hydrogen (secondary N) is 1. The lowest BCUT2D eigenvalue weighted by Crippen LogP contribution is -3.00. The van der Waals surface area contributed by atoms with Crippen LogP contribution in [0.2, 0.25) is 0 Å². The Balaban J connectivity index is 0. The third-order valence-corrected chi connectivity index (χ3v) is 1.97. The maximum absolute atomic E-state index is 11.3. The molecule has 0 aliphatic rings. The molecule has 0 aromatic heterocycles. The van der Waals surface area contributed by atoms with E-state index in [0.717, 1.165) is 13.0 Å². The van der Waals surface area contributed by atoms with E-state index in [1.807, 2.05) is 14.1 Å². The second-order valence-electron chi connectivity index (χ2n) is 4.03. The molecule has 0 atom stereocenters. The minimum Gasteiger partial charge on any atom is -1.00 e. The number of hydrogen-bond acceptors (Lipinski definition) is 3. The maximum Gasteiger partial charge on any atom is 0.275 e. The van der Waals surface area contributed by atoms with Gasteiger partial charge < -0.3 is 33.0 Å². The monoisotopic (exact) mass is 239 g/mol. The van der Waals surface area contributed by atoms with Crippen LogP contribution in [0.3, 0.4) is 0 Å². The fourth-order valence-corrected chi connectivity index (χ4v) is 1.24. The van der Waals surface area contributed by atoms with Crippen molar-refractivity contribution in [3.63, 3.8) is 0 Å². The Hall–Kier alpha value is -0.360. The van der Waals surface area contributed by atoms with E-state index in [2.05, 4.69) is 5.32 Å². The van der Waals surface area contributed by atoms with Crippen molar-refractivity contribution in [2.45, 2.75) is 6.42 Å². The van der Waals surface area contributed by atoms with Crippen molar-refractivity contribution in [1.82, 2.24) is 5.32 Å². The molecule has 0 aromatic carbocycles. The molecule has 0 saturated carbocycles. The van der Waals surface area contributed by atoms with Crippen molar-refractivity contribution in [3.8, 4) is 0 Å². The Morgan fingerprint density at radius 2 is 2.07 bits per heavy atom. The third kappa shape index (κ3) is 9.93. The van der Waals surface area contributed by atoms with Gasteiger partial charge in [-0.05, 0) is 6.54 Å². The van der Waals surface area contributed by atoms with Gasteiger partial charge in [-0.25, -0.2) is 0 Å².